The quantitative estimate of drug-likeness (QED) is 0.165. The molecule has 334 valence electrons. The van der Waals surface area contributed by atoms with E-state index in [1.807, 2.05) is 0 Å². The number of nitrogens with zero attached hydrogens (tertiary/aromatic N) is 1. The van der Waals surface area contributed by atoms with Crippen LogP contribution < -0.4 is 9.64 Å². The van der Waals surface area contributed by atoms with Gasteiger partial charge in [-0.15, -0.1) is 0 Å². The van der Waals surface area contributed by atoms with Crippen LogP contribution in [-0.2, 0) is 16.2 Å². The largest absolute Gasteiger partial charge is 0.456 e. The third-order valence-electron chi connectivity index (χ3n) is 14.7. The van der Waals surface area contributed by atoms with Gasteiger partial charge in [0.2, 0.25) is 0 Å². The Morgan fingerprint density at radius 3 is 1.54 bits per heavy atom. The van der Waals surface area contributed by atoms with Gasteiger partial charge in [0.25, 0.3) is 0 Å². The first-order valence-corrected chi connectivity index (χ1v) is 24.3. The molecular weight excluding hydrogens is 835 g/mol. The highest BCUT2D eigenvalue weighted by molar-refractivity contribution is 6.04. The molecule has 0 unspecified atom stereocenters. The molecule has 0 atom stereocenters. The van der Waals surface area contributed by atoms with Gasteiger partial charge in [-0.25, -0.2) is 0 Å². The maximum absolute atomic E-state index is 7.41. The summed E-state index contributed by atoms with van der Waals surface area (Å²) in [6.45, 7) is 13.9. The zero-order chi connectivity index (χ0) is 47.1. The Balaban J connectivity index is 1.12. The van der Waals surface area contributed by atoms with E-state index in [0.29, 0.717) is 0 Å². The summed E-state index contributed by atoms with van der Waals surface area (Å²) in [7, 11) is 0. The van der Waals surface area contributed by atoms with E-state index in [9.17, 15) is 0 Å². The van der Waals surface area contributed by atoms with Crippen molar-refractivity contribution in [1.29, 1.82) is 0 Å². The van der Waals surface area contributed by atoms with Crippen molar-refractivity contribution in [3.63, 3.8) is 0 Å². The van der Waals surface area contributed by atoms with E-state index in [2.05, 4.69) is 271 Å². The summed E-state index contributed by atoms with van der Waals surface area (Å²) in [4.78, 5) is 2.48. The van der Waals surface area contributed by atoms with Gasteiger partial charge in [0.05, 0.1) is 22.5 Å². The van der Waals surface area contributed by atoms with Gasteiger partial charge in [-0.3, -0.25) is 0 Å². The molecule has 10 aromatic rings. The molecule has 0 amide bonds. The Morgan fingerprint density at radius 1 is 0.348 bits per heavy atom. The Labute approximate surface area is 407 Å². The molecule has 1 heterocycles. The molecule has 2 heteroatoms. The molecule has 0 bridgehead atoms. The number of para-hydroxylation sites is 4. The number of ether oxygens (including phenoxy) is 1. The van der Waals surface area contributed by atoms with Crippen LogP contribution >= 0.6 is 0 Å². The van der Waals surface area contributed by atoms with Crippen LogP contribution in [0, 0.1) is 0 Å². The Kier molecular flexibility index (Phi) is 9.90. The van der Waals surface area contributed by atoms with E-state index in [4.69, 9.17) is 4.74 Å². The predicted molar refractivity (Wildman–Crippen MR) is 290 cm³/mol. The van der Waals surface area contributed by atoms with Crippen molar-refractivity contribution in [2.24, 2.45) is 0 Å². The molecule has 2 aliphatic rings. The molecule has 1 aliphatic heterocycles. The molecule has 1 spiro atoms. The van der Waals surface area contributed by atoms with Crippen molar-refractivity contribution in [1.82, 2.24) is 0 Å². The smallest absolute Gasteiger partial charge is 0.140 e. The zero-order valence-corrected chi connectivity index (χ0v) is 40.2. The maximum atomic E-state index is 7.41. The van der Waals surface area contributed by atoms with Crippen molar-refractivity contribution in [2.75, 3.05) is 4.90 Å². The summed E-state index contributed by atoms with van der Waals surface area (Å²) in [5, 5.41) is 2.36. The lowest BCUT2D eigenvalue weighted by atomic mass is 9.64. The second-order valence-electron chi connectivity index (χ2n) is 20.9. The number of fused-ring (bicyclic) bond motifs is 10. The first kappa shape index (κ1) is 42.4. The Morgan fingerprint density at radius 2 is 0.841 bits per heavy atom. The predicted octanol–water partition coefficient (Wildman–Crippen LogP) is 18.4. The van der Waals surface area contributed by atoms with Gasteiger partial charge < -0.3 is 9.64 Å². The summed E-state index contributed by atoms with van der Waals surface area (Å²) in [6.07, 6.45) is 0. The molecular formula is C67H55NO. The van der Waals surface area contributed by atoms with E-state index in [-0.39, 0.29) is 10.8 Å². The number of benzene rings is 10. The van der Waals surface area contributed by atoms with E-state index >= 15 is 0 Å². The highest BCUT2D eigenvalue weighted by atomic mass is 16.5. The molecule has 0 saturated heterocycles. The van der Waals surface area contributed by atoms with Crippen LogP contribution in [0.4, 0.5) is 17.1 Å². The van der Waals surface area contributed by atoms with Gasteiger partial charge >= 0.3 is 0 Å². The standard InChI is InChI=1S/C67H55NO/c1-65(2,3)48-38-40-52-53-41-39-49(66(4,5)6)43-59(53)67(58(52)42-48)56-28-14-17-33-63(56)69-64-55(27-19-29-57(64)67)54-26-13-16-31-62(54)68(61-32-18-23-46-22-10-11-24-50(46)61)60-30-15-12-25-51(60)47-36-34-45(35-37-47)44-20-8-7-9-21-44/h7-43H,1-6H3. The topological polar surface area (TPSA) is 12.5 Å². The van der Waals surface area contributed by atoms with Gasteiger partial charge in [-0.2, -0.15) is 0 Å². The maximum Gasteiger partial charge on any atom is 0.140 e. The summed E-state index contributed by atoms with van der Waals surface area (Å²) >= 11 is 0. The lowest BCUT2D eigenvalue weighted by Crippen LogP contribution is -2.33. The summed E-state index contributed by atoms with van der Waals surface area (Å²) in [5.74, 6) is 1.76. The molecule has 0 fully saturated rings. The van der Waals surface area contributed by atoms with Crippen molar-refractivity contribution >= 4 is 27.8 Å². The SMILES string of the molecule is CC(C)(C)c1ccc2c(c1)C1(c3ccccc3Oc3c(-c4ccccc4N(c4ccccc4-c4ccc(-c5ccccc5)cc4)c4cccc5ccccc45)cccc31)c1cc(C(C)(C)C)ccc1-2. The van der Waals surface area contributed by atoms with Crippen LogP contribution in [-0.4, -0.2) is 0 Å². The molecule has 10 aromatic carbocycles. The summed E-state index contributed by atoms with van der Waals surface area (Å²) in [6, 6.07) is 82.9. The Bertz CT molecular complexity index is 3540. The third-order valence-corrected chi connectivity index (χ3v) is 14.7. The van der Waals surface area contributed by atoms with Gasteiger partial charge in [0.15, 0.2) is 0 Å². The number of hydrogen-bond acceptors (Lipinski definition) is 2. The molecule has 69 heavy (non-hydrogen) atoms. The molecule has 0 N–H and O–H groups in total. The van der Waals surface area contributed by atoms with Crippen LogP contribution in [0.25, 0.3) is 55.3 Å². The highest BCUT2D eigenvalue weighted by Crippen LogP contribution is 2.64. The number of hydrogen-bond donors (Lipinski definition) is 0. The van der Waals surface area contributed by atoms with Crippen LogP contribution in [0.5, 0.6) is 11.5 Å². The monoisotopic (exact) mass is 889 g/mol. The fourth-order valence-electron chi connectivity index (χ4n) is 11.2. The van der Waals surface area contributed by atoms with Crippen molar-refractivity contribution in [3.05, 3.63) is 258 Å². The average Bonchev–Trinajstić information content (AvgIpc) is 3.66. The normalized spacial score (nSPS) is 13.3. The fourth-order valence-corrected chi connectivity index (χ4v) is 11.2. The van der Waals surface area contributed by atoms with Gasteiger partial charge in [0, 0.05) is 33.2 Å². The second-order valence-corrected chi connectivity index (χ2v) is 20.9. The lowest BCUT2D eigenvalue weighted by Gasteiger charge is -2.41. The van der Waals surface area contributed by atoms with Crippen molar-refractivity contribution in [3.8, 4) is 56.0 Å². The van der Waals surface area contributed by atoms with E-state index in [0.717, 1.165) is 56.4 Å². The summed E-state index contributed by atoms with van der Waals surface area (Å²) in [5.41, 5.74) is 19.4. The van der Waals surface area contributed by atoms with Crippen LogP contribution in [0.15, 0.2) is 224 Å². The number of anilines is 3. The first-order valence-electron chi connectivity index (χ1n) is 24.3. The van der Waals surface area contributed by atoms with Crippen LogP contribution in [0.2, 0.25) is 0 Å². The number of rotatable bonds is 6. The summed E-state index contributed by atoms with van der Waals surface area (Å²) < 4.78 is 7.41. The third kappa shape index (κ3) is 6.84. The van der Waals surface area contributed by atoms with E-state index in [1.54, 1.807) is 0 Å². The first-order chi connectivity index (χ1) is 33.5. The molecule has 1 aliphatic carbocycles. The van der Waals surface area contributed by atoms with Crippen LogP contribution in [0.1, 0.15) is 74.9 Å². The van der Waals surface area contributed by atoms with E-state index < -0.39 is 5.41 Å². The molecule has 0 radical (unpaired) electrons. The highest BCUT2D eigenvalue weighted by Gasteiger charge is 2.52. The minimum atomic E-state index is -0.643. The molecule has 0 saturated carbocycles. The minimum absolute atomic E-state index is 0.0544. The average molecular weight is 890 g/mol. The fraction of sp³-hybridized carbons (Fsp3) is 0.134. The molecule has 0 aromatic heterocycles. The van der Waals surface area contributed by atoms with Crippen LogP contribution in [0.3, 0.4) is 0 Å². The van der Waals surface area contributed by atoms with Gasteiger partial charge in [-0.05, 0) is 90.6 Å². The van der Waals surface area contributed by atoms with Gasteiger partial charge in [0.1, 0.15) is 11.5 Å². The Hall–Kier alpha value is -7.94. The molecule has 12 rings (SSSR count). The van der Waals surface area contributed by atoms with Gasteiger partial charge in [-0.1, -0.05) is 242 Å². The second kappa shape index (κ2) is 16.1. The minimum Gasteiger partial charge on any atom is -0.456 e. The van der Waals surface area contributed by atoms with Crippen molar-refractivity contribution in [2.45, 2.75) is 57.8 Å². The lowest BCUT2D eigenvalue weighted by molar-refractivity contribution is 0.437. The van der Waals surface area contributed by atoms with E-state index in [1.165, 1.54) is 60.8 Å². The zero-order valence-electron chi connectivity index (χ0n) is 40.2. The molecule has 2 nitrogen and oxygen atoms in total. The van der Waals surface area contributed by atoms with Crippen molar-refractivity contribution < 1.29 is 4.74 Å².